The Hall–Kier alpha value is -2.54. The fourth-order valence-corrected chi connectivity index (χ4v) is 2.94. The highest BCUT2D eigenvalue weighted by atomic mass is 32.1. The molecule has 1 aromatic carbocycles. The first-order chi connectivity index (χ1) is 11.1. The molecule has 1 amide bonds. The van der Waals surface area contributed by atoms with Gasteiger partial charge in [-0.3, -0.25) is 4.79 Å². The van der Waals surface area contributed by atoms with Crippen LogP contribution >= 0.6 is 11.3 Å². The van der Waals surface area contributed by atoms with E-state index >= 15 is 0 Å². The first-order valence-electron chi connectivity index (χ1n) is 7.17. The van der Waals surface area contributed by atoms with Crippen molar-refractivity contribution in [2.45, 2.75) is 19.8 Å². The van der Waals surface area contributed by atoms with E-state index in [9.17, 15) is 4.79 Å². The summed E-state index contributed by atoms with van der Waals surface area (Å²) in [6.45, 7) is 2.06. The number of aromatic nitrogens is 3. The van der Waals surface area contributed by atoms with Crippen molar-refractivity contribution >= 4 is 17.2 Å². The van der Waals surface area contributed by atoms with Gasteiger partial charge in [0.15, 0.2) is 5.82 Å². The van der Waals surface area contributed by atoms with E-state index in [0.717, 1.165) is 16.3 Å². The van der Waals surface area contributed by atoms with Crippen LogP contribution in [0.5, 0.6) is 0 Å². The number of likely N-dealkylation sites (N-methyl/N-ethyl adjacent to an activating group) is 1. The quantitative estimate of drug-likeness (QED) is 0.778. The van der Waals surface area contributed by atoms with Gasteiger partial charge in [-0.1, -0.05) is 28.9 Å². The second kappa shape index (κ2) is 6.70. The van der Waals surface area contributed by atoms with Gasteiger partial charge in [0, 0.05) is 18.0 Å². The normalized spacial score (nSPS) is 10.7. The molecule has 0 radical (unpaired) electrons. The molecule has 118 valence electrons. The van der Waals surface area contributed by atoms with Gasteiger partial charge in [-0.15, -0.1) is 11.3 Å². The minimum atomic E-state index is -0.146. The van der Waals surface area contributed by atoms with E-state index < -0.39 is 0 Å². The van der Waals surface area contributed by atoms with E-state index in [1.165, 1.54) is 5.56 Å². The zero-order chi connectivity index (χ0) is 16.2. The second-order valence-electron chi connectivity index (χ2n) is 5.14. The SMILES string of the molecule is CNC(=O)Cc1noc(Cc2csc(-c3cccc(C)c3)n2)n1. The highest BCUT2D eigenvalue weighted by molar-refractivity contribution is 7.13. The molecule has 0 fully saturated rings. The molecule has 3 rings (SSSR count). The van der Waals surface area contributed by atoms with E-state index in [2.05, 4.69) is 39.5 Å². The summed E-state index contributed by atoms with van der Waals surface area (Å²) in [6, 6.07) is 8.24. The molecule has 2 heterocycles. The summed E-state index contributed by atoms with van der Waals surface area (Å²) in [5.74, 6) is 0.700. The lowest BCUT2D eigenvalue weighted by atomic mass is 10.1. The Morgan fingerprint density at radius 3 is 3.00 bits per heavy atom. The number of thiazole rings is 1. The van der Waals surface area contributed by atoms with E-state index in [4.69, 9.17) is 4.52 Å². The maximum Gasteiger partial charge on any atom is 0.232 e. The van der Waals surface area contributed by atoms with E-state index in [-0.39, 0.29) is 12.3 Å². The maximum absolute atomic E-state index is 11.3. The Morgan fingerprint density at radius 1 is 1.35 bits per heavy atom. The van der Waals surface area contributed by atoms with Gasteiger partial charge in [0.05, 0.1) is 18.5 Å². The molecule has 0 aliphatic carbocycles. The average Bonchev–Trinajstić information content (AvgIpc) is 3.17. The fraction of sp³-hybridized carbons (Fsp3) is 0.250. The molecular weight excluding hydrogens is 312 g/mol. The molecule has 0 saturated carbocycles. The monoisotopic (exact) mass is 328 g/mol. The van der Waals surface area contributed by atoms with Crippen LogP contribution in [0.3, 0.4) is 0 Å². The lowest BCUT2D eigenvalue weighted by molar-refractivity contribution is -0.120. The Kier molecular flexibility index (Phi) is 4.47. The van der Waals surface area contributed by atoms with Crippen LogP contribution in [0.4, 0.5) is 0 Å². The predicted octanol–water partition coefficient (Wildman–Crippen LogP) is 2.38. The van der Waals surface area contributed by atoms with Crippen molar-refractivity contribution in [3.05, 3.63) is 52.6 Å². The summed E-state index contributed by atoms with van der Waals surface area (Å²) in [5, 5.41) is 9.29. The van der Waals surface area contributed by atoms with E-state index in [1.54, 1.807) is 18.4 Å². The number of nitrogens with one attached hydrogen (secondary N) is 1. The zero-order valence-corrected chi connectivity index (χ0v) is 13.7. The van der Waals surface area contributed by atoms with Crippen LogP contribution in [-0.2, 0) is 17.6 Å². The lowest BCUT2D eigenvalue weighted by Crippen LogP contribution is -2.20. The van der Waals surface area contributed by atoms with Crippen molar-refractivity contribution in [1.29, 1.82) is 0 Å². The molecule has 2 aromatic heterocycles. The minimum Gasteiger partial charge on any atom is -0.359 e. The summed E-state index contributed by atoms with van der Waals surface area (Å²) in [6.07, 6.45) is 0.578. The lowest BCUT2D eigenvalue weighted by Gasteiger charge is -1.97. The average molecular weight is 328 g/mol. The zero-order valence-electron chi connectivity index (χ0n) is 12.9. The van der Waals surface area contributed by atoms with Crippen LogP contribution in [0.25, 0.3) is 10.6 Å². The molecule has 0 unspecified atom stereocenters. The first-order valence-corrected chi connectivity index (χ1v) is 8.05. The number of hydrogen-bond acceptors (Lipinski definition) is 6. The summed E-state index contributed by atoms with van der Waals surface area (Å²) < 4.78 is 5.17. The van der Waals surface area contributed by atoms with Gasteiger partial charge < -0.3 is 9.84 Å². The van der Waals surface area contributed by atoms with E-state index in [1.807, 2.05) is 17.5 Å². The summed E-state index contributed by atoms with van der Waals surface area (Å²) >= 11 is 1.59. The number of hydrogen-bond donors (Lipinski definition) is 1. The summed E-state index contributed by atoms with van der Waals surface area (Å²) in [5.41, 5.74) is 3.18. The number of aryl methyl sites for hydroxylation is 1. The standard InChI is InChI=1S/C16H16N4O2S/c1-10-4-3-5-11(6-10)16-18-12(9-23-16)7-15-19-13(20-22-15)8-14(21)17-2/h3-6,9H,7-8H2,1-2H3,(H,17,21). The minimum absolute atomic E-state index is 0.117. The molecule has 0 saturated heterocycles. The van der Waals surface area contributed by atoms with E-state index in [0.29, 0.717) is 18.1 Å². The third kappa shape index (κ3) is 3.81. The second-order valence-corrected chi connectivity index (χ2v) is 6.00. The number of nitrogens with zero attached hydrogens (tertiary/aromatic N) is 3. The molecule has 0 bridgehead atoms. The molecule has 6 nitrogen and oxygen atoms in total. The van der Waals surface area contributed by atoms with Crippen LogP contribution < -0.4 is 5.32 Å². The van der Waals surface area contributed by atoms with Crippen molar-refractivity contribution in [3.8, 4) is 10.6 Å². The van der Waals surface area contributed by atoms with Crippen LogP contribution in [0.1, 0.15) is 23.0 Å². The van der Waals surface area contributed by atoms with Gasteiger partial charge in [-0.2, -0.15) is 4.98 Å². The molecule has 1 N–H and O–H groups in total. The van der Waals surface area contributed by atoms with Crippen LogP contribution in [0.15, 0.2) is 34.2 Å². The Morgan fingerprint density at radius 2 is 2.22 bits per heavy atom. The highest BCUT2D eigenvalue weighted by Gasteiger charge is 2.12. The van der Waals surface area contributed by atoms with Crippen LogP contribution in [0, 0.1) is 6.92 Å². The molecule has 0 aliphatic rings. The van der Waals surface area contributed by atoms with Crippen LogP contribution in [-0.4, -0.2) is 28.1 Å². The number of rotatable bonds is 5. The maximum atomic E-state index is 11.3. The topological polar surface area (TPSA) is 80.9 Å². The number of carbonyl (C=O) groups is 1. The third-order valence-electron chi connectivity index (χ3n) is 3.26. The van der Waals surface area contributed by atoms with Gasteiger partial charge >= 0.3 is 0 Å². The molecule has 3 aromatic rings. The number of carbonyl (C=O) groups excluding carboxylic acids is 1. The van der Waals surface area contributed by atoms with Crippen molar-refractivity contribution in [1.82, 2.24) is 20.4 Å². The summed E-state index contributed by atoms with van der Waals surface area (Å²) in [4.78, 5) is 20.1. The van der Waals surface area contributed by atoms with Crippen molar-refractivity contribution in [3.63, 3.8) is 0 Å². The Bertz CT molecular complexity index is 825. The predicted molar refractivity (Wildman–Crippen MR) is 87.2 cm³/mol. The fourth-order valence-electron chi connectivity index (χ4n) is 2.12. The third-order valence-corrected chi connectivity index (χ3v) is 4.20. The Labute approximate surface area is 137 Å². The number of amides is 1. The molecule has 7 heteroatoms. The molecule has 23 heavy (non-hydrogen) atoms. The Balaban J connectivity index is 1.71. The largest absolute Gasteiger partial charge is 0.359 e. The molecule has 0 spiro atoms. The molecule has 0 aliphatic heterocycles. The molecular formula is C16H16N4O2S. The van der Waals surface area contributed by atoms with Gasteiger partial charge in [0.2, 0.25) is 11.8 Å². The number of benzene rings is 1. The highest BCUT2D eigenvalue weighted by Crippen LogP contribution is 2.25. The molecule has 0 atom stereocenters. The van der Waals surface area contributed by atoms with Crippen LogP contribution in [0.2, 0.25) is 0 Å². The van der Waals surface area contributed by atoms with Crippen molar-refractivity contribution in [2.75, 3.05) is 7.05 Å². The first kappa shape index (κ1) is 15.4. The van der Waals surface area contributed by atoms with Crippen molar-refractivity contribution in [2.24, 2.45) is 0 Å². The van der Waals surface area contributed by atoms with Gasteiger partial charge in [-0.25, -0.2) is 4.98 Å². The smallest absolute Gasteiger partial charge is 0.232 e. The van der Waals surface area contributed by atoms with Gasteiger partial charge in [-0.05, 0) is 13.0 Å². The van der Waals surface area contributed by atoms with Gasteiger partial charge in [0.25, 0.3) is 0 Å². The van der Waals surface area contributed by atoms with Gasteiger partial charge in [0.1, 0.15) is 5.01 Å². The summed E-state index contributed by atoms with van der Waals surface area (Å²) in [7, 11) is 1.57. The van der Waals surface area contributed by atoms with Crippen molar-refractivity contribution < 1.29 is 9.32 Å².